The van der Waals surface area contributed by atoms with E-state index in [1.807, 2.05) is 0 Å². The van der Waals surface area contributed by atoms with Crippen LogP contribution in [0, 0.1) is 0 Å². The topological polar surface area (TPSA) is 41.5 Å². The van der Waals surface area contributed by atoms with E-state index in [9.17, 15) is 8.78 Å². The molecule has 16 heavy (non-hydrogen) atoms. The Bertz CT molecular complexity index is 234. The van der Waals surface area contributed by atoms with Gasteiger partial charge in [-0.1, -0.05) is 0 Å². The lowest BCUT2D eigenvalue weighted by molar-refractivity contribution is -0.136. The van der Waals surface area contributed by atoms with E-state index >= 15 is 0 Å². The van der Waals surface area contributed by atoms with Crippen molar-refractivity contribution in [2.24, 2.45) is 0 Å². The molecule has 1 aliphatic heterocycles. The van der Waals surface area contributed by atoms with Crippen molar-refractivity contribution in [3.8, 4) is 0 Å². The van der Waals surface area contributed by atoms with Crippen molar-refractivity contribution in [1.29, 1.82) is 0 Å². The molecule has 2 rings (SSSR count). The molecule has 94 valence electrons. The smallest absolute Gasteiger partial charge is 0.265 e. The van der Waals surface area contributed by atoms with Gasteiger partial charge in [0.05, 0.1) is 5.60 Å². The molecule has 2 N–H and O–H groups in total. The highest BCUT2D eigenvalue weighted by Crippen LogP contribution is 2.42. The lowest BCUT2D eigenvalue weighted by Crippen LogP contribution is -2.52. The van der Waals surface area contributed by atoms with E-state index in [-0.39, 0.29) is 18.2 Å². The Morgan fingerprint density at radius 1 is 1.44 bits per heavy atom. The Morgan fingerprint density at radius 2 is 2.19 bits per heavy atom. The van der Waals surface area contributed by atoms with Gasteiger partial charge in [0.25, 0.3) is 6.43 Å². The molecule has 2 atom stereocenters. The molecule has 0 aromatic rings. The average molecular weight is 235 g/mol. The van der Waals surface area contributed by atoms with Crippen LogP contribution in [0.5, 0.6) is 0 Å². The number of nitrogens with one attached hydrogen (secondary N) is 1. The van der Waals surface area contributed by atoms with Gasteiger partial charge in [0.1, 0.15) is 6.10 Å². The number of aliphatic hydroxyl groups is 1. The molecule has 2 fully saturated rings. The SMILES string of the molecule is OC(CNC1CCOC2(CCC2)C1)C(F)F. The summed E-state index contributed by atoms with van der Waals surface area (Å²) in [5.41, 5.74) is 0.0195. The van der Waals surface area contributed by atoms with Gasteiger partial charge in [0.15, 0.2) is 0 Å². The second kappa shape index (κ2) is 4.94. The molecular formula is C11H19F2NO2. The summed E-state index contributed by atoms with van der Waals surface area (Å²) in [4.78, 5) is 0. The summed E-state index contributed by atoms with van der Waals surface area (Å²) < 4.78 is 29.9. The van der Waals surface area contributed by atoms with Crippen LogP contribution in [0.1, 0.15) is 32.1 Å². The minimum Gasteiger partial charge on any atom is -0.386 e. The van der Waals surface area contributed by atoms with E-state index in [0.717, 1.165) is 25.7 Å². The first-order valence-electron chi connectivity index (χ1n) is 5.95. The normalized spacial score (nSPS) is 30.4. The minimum atomic E-state index is -2.66. The lowest BCUT2D eigenvalue weighted by Gasteiger charge is -2.47. The summed E-state index contributed by atoms with van der Waals surface area (Å²) >= 11 is 0. The standard InChI is InChI=1S/C11H19F2NO2/c12-10(13)9(15)7-14-8-2-5-16-11(6-8)3-1-4-11/h8-10,14-15H,1-7H2. The molecule has 5 heteroatoms. The molecule has 0 radical (unpaired) electrons. The highest BCUT2D eigenvalue weighted by molar-refractivity contribution is 4.96. The molecule has 0 aromatic heterocycles. The number of halogens is 2. The molecule has 1 aliphatic carbocycles. The summed E-state index contributed by atoms with van der Waals surface area (Å²) in [6.07, 6.45) is 0.892. The van der Waals surface area contributed by atoms with Gasteiger partial charge in [0.2, 0.25) is 0 Å². The Hall–Kier alpha value is -0.260. The maximum atomic E-state index is 12.1. The molecule has 2 aliphatic rings. The van der Waals surface area contributed by atoms with Crippen LogP contribution in [0.3, 0.4) is 0 Å². The zero-order chi connectivity index (χ0) is 11.6. The molecule has 1 saturated heterocycles. The Kier molecular flexibility index (Phi) is 3.77. The van der Waals surface area contributed by atoms with E-state index in [1.165, 1.54) is 6.42 Å². The molecule has 3 nitrogen and oxygen atoms in total. The third-order valence-electron chi connectivity index (χ3n) is 3.66. The Balaban J connectivity index is 1.73. The number of rotatable bonds is 4. The molecular weight excluding hydrogens is 216 g/mol. The van der Waals surface area contributed by atoms with Crippen LogP contribution in [0.2, 0.25) is 0 Å². The van der Waals surface area contributed by atoms with Crippen LogP contribution in [0.15, 0.2) is 0 Å². The molecule has 1 heterocycles. The second-order valence-electron chi connectivity index (χ2n) is 4.88. The van der Waals surface area contributed by atoms with Crippen LogP contribution >= 0.6 is 0 Å². The molecule has 1 spiro atoms. The third kappa shape index (κ3) is 2.70. The average Bonchev–Trinajstić information content (AvgIpc) is 2.24. The molecule has 2 unspecified atom stereocenters. The zero-order valence-electron chi connectivity index (χ0n) is 9.29. The van der Waals surface area contributed by atoms with E-state index in [4.69, 9.17) is 9.84 Å². The summed E-state index contributed by atoms with van der Waals surface area (Å²) in [7, 11) is 0. The van der Waals surface area contributed by atoms with Crippen LogP contribution in [0.4, 0.5) is 8.78 Å². The molecule has 0 bridgehead atoms. The Labute approximate surface area is 94.2 Å². The predicted molar refractivity (Wildman–Crippen MR) is 55.6 cm³/mol. The second-order valence-corrected chi connectivity index (χ2v) is 4.88. The summed E-state index contributed by atoms with van der Waals surface area (Å²) in [5.74, 6) is 0. The quantitative estimate of drug-likeness (QED) is 0.772. The van der Waals surface area contributed by atoms with Gasteiger partial charge < -0.3 is 15.2 Å². The fraction of sp³-hybridized carbons (Fsp3) is 1.00. The van der Waals surface area contributed by atoms with Gasteiger partial charge in [-0.05, 0) is 32.1 Å². The van der Waals surface area contributed by atoms with Gasteiger partial charge >= 0.3 is 0 Å². The van der Waals surface area contributed by atoms with Gasteiger partial charge in [-0.3, -0.25) is 0 Å². The minimum absolute atomic E-state index is 0.0195. The maximum absolute atomic E-state index is 12.1. The number of hydrogen-bond donors (Lipinski definition) is 2. The largest absolute Gasteiger partial charge is 0.386 e. The molecule has 1 saturated carbocycles. The van der Waals surface area contributed by atoms with E-state index in [1.54, 1.807) is 0 Å². The zero-order valence-corrected chi connectivity index (χ0v) is 9.29. The van der Waals surface area contributed by atoms with Crippen LogP contribution < -0.4 is 5.32 Å². The number of hydrogen-bond acceptors (Lipinski definition) is 3. The summed E-state index contributed by atoms with van der Waals surface area (Å²) in [6.45, 7) is 0.668. The van der Waals surface area contributed by atoms with Crippen molar-refractivity contribution in [3.63, 3.8) is 0 Å². The predicted octanol–water partition coefficient (Wildman–Crippen LogP) is 1.30. The third-order valence-corrected chi connectivity index (χ3v) is 3.66. The highest BCUT2D eigenvalue weighted by atomic mass is 19.3. The van der Waals surface area contributed by atoms with Crippen molar-refractivity contribution >= 4 is 0 Å². The van der Waals surface area contributed by atoms with Crippen molar-refractivity contribution in [1.82, 2.24) is 5.32 Å². The fourth-order valence-electron chi connectivity index (χ4n) is 2.50. The molecule has 0 amide bonds. The van der Waals surface area contributed by atoms with Crippen molar-refractivity contribution in [2.45, 2.75) is 56.3 Å². The first-order valence-corrected chi connectivity index (χ1v) is 5.95. The van der Waals surface area contributed by atoms with Gasteiger partial charge in [0, 0.05) is 19.2 Å². The van der Waals surface area contributed by atoms with E-state index in [0.29, 0.717) is 6.61 Å². The highest BCUT2D eigenvalue weighted by Gasteiger charge is 2.42. The monoisotopic (exact) mass is 235 g/mol. The first kappa shape index (κ1) is 12.2. The summed E-state index contributed by atoms with van der Waals surface area (Å²) in [5, 5.41) is 12.0. The number of ether oxygens (including phenoxy) is 1. The maximum Gasteiger partial charge on any atom is 0.265 e. The molecule has 0 aromatic carbocycles. The van der Waals surface area contributed by atoms with Gasteiger partial charge in [-0.15, -0.1) is 0 Å². The lowest BCUT2D eigenvalue weighted by atomic mass is 9.74. The fourth-order valence-corrected chi connectivity index (χ4v) is 2.50. The van der Waals surface area contributed by atoms with E-state index in [2.05, 4.69) is 5.32 Å². The van der Waals surface area contributed by atoms with Crippen molar-refractivity contribution in [2.75, 3.05) is 13.2 Å². The van der Waals surface area contributed by atoms with Crippen LogP contribution in [-0.2, 0) is 4.74 Å². The van der Waals surface area contributed by atoms with Gasteiger partial charge in [-0.2, -0.15) is 0 Å². The Morgan fingerprint density at radius 3 is 2.75 bits per heavy atom. The van der Waals surface area contributed by atoms with E-state index < -0.39 is 12.5 Å². The van der Waals surface area contributed by atoms with Crippen LogP contribution in [0.25, 0.3) is 0 Å². The van der Waals surface area contributed by atoms with Crippen LogP contribution in [-0.4, -0.2) is 42.4 Å². The van der Waals surface area contributed by atoms with Gasteiger partial charge in [-0.25, -0.2) is 8.78 Å². The first-order chi connectivity index (χ1) is 7.61. The summed E-state index contributed by atoms with van der Waals surface area (Å²) in [6, 6.07) is 0.211. The number of aliphatic hydroxyl groups excluding tert-OH is 1. The van der Waals surface area contributed by atoms with Crippen molar-refractivity contribution in [3.05, 3.63) is 0 Å². The van der Waals surface area contributed by atoms with Crippen molar-refractivity contribution < 1.29 is 18.6 Å². The number of alkyl halides is 2.